The molecule has 1 atom stereocenters. The normalized spacial score (nSPS) is 17.6. The number of nitrogens with one attached hydrogen (secondary N) is 1. The lowest BCUT2D eigenvalue weighted by Crippen LogP contribution is -2.35. The van der Waals surface area contributed by atoms with E-state index in [-0.39, 0.29) is 6.04 Å². The predicted molar refractivity (Wildman–Crippen MR) is 78.6 cm³/mol. The van der Waals surface area contributed by atoms with Crippen molar-refractivity contribution in [1.82, 2.24) is 5.32 Å². The van der Waals surface area contributed by atoms with E-state index >= 15 is 0 Å². The molecule has 0 aliphatic carbocycles. The van der Waals surface area contributed by atoms with E-state index in [0.717, 1.165) is 10.8 Å². The lowest BCUT2D eigenvalue weighted by molar-refractivity contribution is 0.105. The fourth-order valence-corrected chi connectivity index (χ4v) is 1.73. The van der Waals surface area contributed by atoms with Crippen molar-refractivity contribution in [2.75, 3.05) is 13.1 Å². The van der Waals surface area contributed by atoms with Gasteiger partial charge in [0, 0.05) is 20.7 Å². The third-order valence-corrected chi connectivity index (χ3v) is 2.62. The van der Waals surface area contributed by atoms with Gasteiger partial charge in [0.05, 0.1) is 1.37 Å². The van der Waals surface area contributed by atoms with E-state index in [0.29, 0.717) is 5.75 Å². The van der Waals surface area contributed by atoms with Crippen LogP contribution in [0.1, 0.15) is 18.0 Å². The summed E-state index contributed by atoms with van der Waals surface area (Å²) < 4.78 is 29.1. The Bertz CT molecular complexity index is 639. The van der Waals surface area contributed by atoms with Crippen molar-refractivity contribution >= 4 is 10.8 Å². The average Bonchev–Trinajstić information content (AvgIpc) is 2.43. The van der Waals surface area contributed by atoms with Gasteiger partial charge < -0.3 is 15.2 Å². The first kappa shape index (κ1) is 10.2. The first-order chi connectivity index (χ1) is 10.2. The van der Waals surface area contributed by atoms with Crippen LogP contribution in [0.15, 0.2) is 42.5 Å². The average molecular weight is 262 g/mol. The van der Waals surface area contributed by atoms with Gasteiger partial charge in [-0.15, -0.1) is 0 Å². The molecule has 0 aliphatic rings. The zero-order valence-corrected chi connectivity index (χ0v) is 11.2. The Morgan fingerprint density at radius 2 is 2.00 bits per heavy atom. The number of fused-ring (bicyclic) bond motifs is 1. The molecule has 2 aromatic carbocycles. The highest BCUT2D eigenvalue weighted by Gasteiger charge is 2.07. The summed E-state index contributed by atoms with van der Waals surface area (Å²) >= 11 is 0. The Labute approximate surface area is 118 Å². The van der Waals surface area contributed by atoms with E-state index in [4.69, 9.17) is 8.85 Å². The smallest absolute Gasteiger partial charge is 0.127 e. The molecule has 0 amide bonds. The summed E-state index contributed by atoms with van der Waals surface area (Å²) in [5.74, 6) is 0.518. The Kier molecular flexibility index (Phi) is 3.53. The minimum absolute atomic E-state index is 0.204. The molecule has 19 heavy (non-hydrogen) atoms. The highest BCUT2D eigenvalue weighted by atomic mass is 16.5. The highest BCUT2D eigenvalue weighted by Crippen LogP contribution is 2.25. The van der Waals surface area contributed by atoms with Crippen molar-refractivity contribution in [2.24, 2.45) is 0 Å². The van der Waals surface area contributed by atoms with E-state index in [9.17, 15) is 5.11 Å². The number of benzene rings is 2. The second kappa shape index (κ2) is 6.55. The molecular formula is C16H21NO2. The predicted octanol–water partition coefficient (Wildman–Crippen LogP) is 2.58. The number of hydrogen-bond donors (Lipinski definition) is 2. The summed E-state index contributed by atoms with van der Waals surface area (Å²) in [6, 6.07) is 12.9. The molecule has 2 rings (SSSR count). The van der Waals surface area contributed by atoms with Crippen LogP contribution < -0.4 is 10.1 Å². The molecule has 1 unspecified atom stereocenters. The molecule has 2 N–H and O–H groups in total. The summed E-state index contributed by atoms with van der Waals surface area (Å²) in [5, 5.41) is 14.5. The van der Waals surface area contributed by atoms with Crippen molar-refractivity contribution in [2.45, 2.75) is 26.0 Å². The summed E-state index contributed by atoms with van der Waals surface area (Å²) in [7, 11) is 0. The van der Waals surface area contributed by atoms with Gasteiger partial charge >= 0.3 is 0 Å². The number of rotatable bonds is 6. The van der Waals surface area contributed by atoms with Gasteiger partial charge in [0.15, 0.2) is 0 Å². The van der Waals surface area contributed by atoms with Crippen molar-refractivity contribution < 1.29 is 14.0 Å². The maximum absolute atomic E-state index is 10.1. The van der Waals surface area contributed by atoms with E-state index in [2.05, 4.69) is 5.32 Å². The SMILES string of the molecule is [2H]C(O)(COc1cccc2ccccc12)C([2H])([2H])NC(C)C. The Hall–Kier alpha value is -1.58. The Morgan fingerprint density at radius 3 is 2.79 bits per heavy atom. The molecule has 0 heterocycles. The Morgan fingerprint density at radius 1 is 1.26 bits per heavy atom. The zero-order chi connectivity index (χ0) is 16.4. The summed E-state index contributed by atoms with van der Waals surface area (Å²) in [6.45, 7) is 0.735. The summed E-state index contributed by atoms with van der Waals surface area (Å²) in [5.41, 5.74) is 0. The molecule has 0 saturated carbocycles. The van der Waals surface area contributed by atoms with Gasteiger partial charge in [-0.05, 0) is 11.5 Å². The van der Waals surface area contributed by atoms with Crippen LogP contribution in [0.2, 0.25) is 0 Å². The van der Waals surface area contributed by atoms with E-state index in [1.54, 1.807) is 19.9 Å². The fraction of sp³-hybridized carbons (Fsp3) is 0.375. The van der Waals surface area contributed by atoms with Crippen LogP contribution >= 0.6 is 0 Å². The van der Waals surface area contributed by atoms with Gasteiger partial charge in [0.25, 0.3) is 0 Å². The number of ether oxygens (including phenoxy) is 1. The van der Waals surface area contributed by atoms with Crippen molar-refractivity contribution in [3.8, 4) is 5.75 Å². The van der Waals surface area contributed by atoms with Crippen molar-refractivity contribution in [1.29, 1.82) is 0 Å². The van der Waals surface area contributed by atoms with Gasteiger partial charge in [-0.2, -0.15) is 0 Å². The van der Waals surface area contributed by atoms with Crippen LogP contribution in [0, 0.1) is 0 Å². The monoisotopic (exact) mass is 262 g/mol. The maximum Gasteiger partial charge on any atom is 0.127 e. The quantitative estimate of drug-likeness (QED) is 0.840. The van der Waals surface area contributed by atoms with Crippen molar-refractivity contribution in [3.63, 3.8) is 0 Å². The number of aliphatic hydroxyl groups is 1. The molecule has 0 saturated heterocycles. The molecule has 102 valence electrons. The highest BCUT2D eigenvalue weighted by molar-refractivity contribution is 5.88. The molecule has 0 fully saturated rings. The fourth-order valence-electron chi connectivity index (χ4n) is 1.73. The largest absolute Gasteiger partial charge is 0.490 e. The second-order valence-corrected chi connectivity index (χ2v) is 4.64. The summed E-state index contributed by atoms with van der Waals surface area (Å²) in [6.07, 6.45) is -2.41. The maximum atomic E-state index is 10.1. The van der Waals surface area contributed by atoms with Gasteiger partial charge in [0.2, 0.25) is 0 Å². The van der Waals surface area contributed by atoms with Crippen LogP contribution in [0.5, 0.6) is 5.75 Å². The molecule has 3 heteroatoms. The molecule has 3 nitrogen and oxygen atoms in total. The zero-order valence-electron chi connectivity index (χ0n) is 14.2. The first-order valence-electron chi connectivity index (χ1n) is 7.83. The minimum atomic E-state index is -2.41. The topological polar surface area (TPSA) is 41.5 Å². The molecule has 2 aromatic rings. The van der Waals surface area contributed by atoms with Gasteiger partial charge in [-0.1, -0.05) is 50.2 Å². The summed E-state index contributed by atoms with van der Waals surface area (Å²) in [4.78, 5) is 0. The molecule has 0 radical (unpaired) electrons. The van der Waals surface area contributed by atoms with Crippen LogP contribution in [0.4, 0.5) is 0 Å². The number of hydrogen-bond acceptors (Lipinski definition) is 3. The van der Waals surface area contributed by atoms with Crippen LogP contribution in [-0.2, 0) is 0 Å². The second-order valence-electron chi connectivity index (χ2n) is 4.64. The van der Waals surface area contributed by atoms with Gasteiger partial charge in [-0.25, -0.2) is 0 Å². The molecule has 0 aliphatic heterocycles. The molecular weight excluding hydrogens is 238 g/mol. The van der Waals surface area contributed by atoms with Gasteiger partial charge in [0.1, 0.15) is 18.4 Å². The lowest BCUT2D eigenvalue weighted by Gasteiger charge is -2.15. The third-order valence-electron chi connectivity index (χ3n) is 2.62. The Balaban J connectivity index is 2.17. The minimum Gasteiger partial charge on any atom is -0.490 e. The van der Waals surface area contributed by atoms with E-state index in [1.165, 1.54) is 0 Å². The first-order valence-corrected chi connectivity index (χ1v) is 6.33. The van der Waals surface area contributed by atoms with Crippen LogP contribution in [-0.4, -0.2) is 30.3 Å². The third kappa shape index (κ3) is 3.94. The molecule has 0 bridgehead atoms. The van der Waals surface area contributed by atoms with E-state index in [1.807, 2.05) is 36.4 Å². The standard InChI is InChI=1S/C16H21NO2/c1-12(2)17-10-14(18)11-19-16-9-5-7-13-6-3-4-8-15(13)16/h3-9,12,14,17-18H,10-11H2,1-2H3/i10D2,14D. The van der Waals surface area contributed by atoms with Crippen LogP contribution in [0.3, 0.4) is 0 Å². The van der Waals surface area contributed by atoms with Gasteiger partial charge in [-0.3, -0.25) is 0 Å². The van der Waals surface area contributed by atoms with Crippen molar-refractivity contribution in [3.05, 3.63) is 42.5 Å². The van der Waals surface area contributed by atoms with Crippen LogP contribution in [0.25, 0.3) is 10.8 Å². The lowest BCUT2D eigenvalue weighted by atomic mass is 10.1. The molecule has 0 spiro atoms. The van der Waals surface area contributed by atoms with E-state index < -0.39 is 19.2 Å². The molecule has 0 aromatic heterocycles.